The fraction of sp³-hybridized carbons (Fsp3) is 0.296. The molecule has 0 spiro atoms. The molecule has 0 aliphatic carbocycles. The van der Waals surface area contributed by atoms with Gasteiger partial charge in [0.2, 0.25) is 5.91 Å². The summed E-state index contributed by atoms with van der Waals surface area (Å²) in [5, 5.41) is 4.29. The second-order valence-corrected chi connectivity index (χ2v) is 9.04. The maximum absolute atomic E-state index is 12.2. The Hall–Kier alpha value is -3.71. The van der Waals surface area contributed by atoms with Crippen molar-refractivity contribution >= 4 is 17.4 Å². The van der Waals surface area contributed by atoms with Gasteiger partial charge in [-0.1, -0.05) is 42.5 Å². The number of hydrogen-bond acceptors (Lipinski definition) is 4. The minimum Gasteiger partial charge on any atom is -0.364 e. The van der Waals surface area contributed by atoms with E-state index in [0.717, 1.165) is 30.8 Å². The van der Waals surface area contributed by atoms with Crippen LogP contribution in [0.25, 0.3) is 11.3 Å². The zero-order valence-electron chi connectivity index (χ0n) is 20.0. The lowest BCUT2D eigenvalue weighted by atomic mass is 9.96. The van der Waals surface area contributed by atoms with Gasteiger partial charge in [0.15, 0.2) is 5.69 Å². The SMILES string of the molecule is Cc1cc(C(N)=O)nn1-c1ccc(Cc2ccc(C3=CCN(C(=O)CN(C)C)CC3)cc2)cc1. The van der Waals surface area contributed by atoms with Crippen molar-refractivity contribution in [2.75, 3.05) is 33.7 Å². The van der Waals surface area contributed by atoms with E-state index < -0.39 is 5.91 Å². The van der Waals surface area contributed by atoms with Crippen molar-refractivity contribution in [3.63, 3.8) is 0 Å². The zero-order valence-corrected chi connectivity index (χ0v) is 20.0. The summed E-state index contributed by atoms with van der Waals surface area (Å²) >= 11 is 0. The first kappa shape index (κ1) is 23.4. The number of nitrogens with zero attached hydrogens (tertiary/aromatic N) is 4. The topological polar surface area (TPSA) is 84.5 Å². The third-order valence-electron chi connectivity index (χ3n) is 6.07. The number of aryl methyl sites for hydroxylation is 1. The van der Waals surface area contributed by atoms with Gasteiger partial charge in [0.05, 0.1) is 12.2 Å². The summed E-state index contributed by atoms with van der Waals surface area (Å²) in [6.45, 7) is 3.79. The van der Waals surface area contributed by atoms with Crippen LogP contribution in [0.1, 0.15) is 39.3 Å². The van der Waals surface area contributed by atoms with Gasteiger partial charge in [0.25, 0.3) is 5.91 Å². The van der Waals surface area contributed by atoms with Crippen molar-refractivity contribution in [1.29, 1.82) is 0 Å². The van der Waals surface area contributed by atoms with Crippen molar-refractivity contribution in [3.05, 3.63) is 88.8 Å². The first-order chi connectivity index (χ1) is 16.3. The van der Waals surface area contributed by atoms with Crippen LogP contribution in [0.15, 0.2) is 60.7 Å². The van der Waals surface area contributed by atoms with E-state index in [1.54, 1.807) is 10.7 Å². The van der Waals surface area contributed by atoms with Crippen LogP contribution in [0.5, 0.6) is 0 Å². The number of carbonyl (C=O) groups is 2. The van der Waals surface area contributed by atoms with Gasteiger partial charge in [-0.05, 0) is 74.3 Å². The summed E-state index contributed by atoms with van der Waals surface area (Å²) < 4.78 is 1.73. The molecule has 1 aliphatic heterocycles. The summed E-state index contributed by atoms with van der Waals surface area (Å²) in [4.78, 5) is 27.5. The second-order valence-electron chi connectivity index (χ2n) is 9.04. The normalized spacial score (nSPS) is 13.8. The lowest BCUT2D eigenvalue weighted by Gasteiger charge is -2.27. The van der Waals surface area contributed by atoms with Gasteiger partial charge in [0.1, 0.15) is 0 Å². The van der Waals surface area contributed by atoms with Crippen molar-refractivity contribution in [2.45, 2.75) is 19.8 Å². The molecule has 7 heteroatoms. The number of rotatable bonds is 7. The zero-order chi connectivity index (χ0) is 24.2. The van der Waals surface area contributed by atoms with E-state index in [2.05, 4.69) is 47.6 Å². The molecule has 2 N–H and O–H groups in total. The molecule has 34 heavy (non-hydrogen) atoms. The number of benzene rings is 2. The number of aromatic nitrogens is 2. The molecule has 0 atom stereocenters. The number of amides is 2. The van der Waals surface area contributed by atoms with Crippen LogP contribution in [0.4, 0.5) is 0 Å². The molecule has 7 nitrogen and oxygen atoms in total. The molecular weight excluding hydrogens is 426 g/mol. The van der Waals surface area contributed by atoms with Crippen molar-refractivity contribution in [3.8, 4) is 5.69 Å². The van der Waals surface area contributed by atoms with E-state index in [9.17, 15) is 9.59 Å². The summed E-state index contributed by atoms with van der Waals surface area (Å²) in [7, 11) is 3.83. The highest BCUT2D eigenvalue weighted by molar-refractivity contribution is 5.90. The number of primary amides is 1. The van der Waals surface area contributed by atoms with Crippen LogP contribution < -0.4 is 5.73 Å². The molecule has 0 radical (unpaired) electrons. The van der Waals surface area contributed by atoms with E-state index in [1.807, 2.05) is 43.0 Å². The molecule has 0 unspecified atom stereocenters. The standard InChI is InChI=1S/C27H31N5O2/c1-19-16-25(27(28)34)29-32(19)24-10-6-21(7-11-24)17-20-4-8-22(9-5-20)23-12-14-31(15-13-23)26(33)18-30(2)3/h4-12,16H,13-15,17-18H2,1-3H3,(H2,28,34). The molecule has 1 aliphatic rings. The summed E-state index contributed by atoms with van der Waals surface area (Å²) in [6.07, 6.45) is 3.88. The lowest BCUT2D eigenvalue weighted by Crippen LogP contribution is -2.40. The smallest absolute Gasteiger partial charge is 0.269 e. The van der Waals surface area contributed by atoms with Gasteiger partial charge < -0.3 is 15.5 Å². The van der Waals surface area contributed by atoms with E-state index in [4.69, 9.17) is 5.73 Å². The predicted octanol–water partition coefficient (Wildman–Crippen LogP) is 3.05. The molecule has 3 aromatic rings. The first-order valence-corrected chi connectivity index (χ1v) is 11.5. The molecule has 1 aromatic heterocycles. The van der Waals surface area contributed by atoms with Crippen LogP contribution in [0.3, 0.4) is 0 Å². The van der Waals surface area contributed by atoms with Crippen molar-refractivity contribution in [2.24, 2.45) is 5.73 Å². The highest BCUT2D eigenvalue weighted by Crippen LogP contribution is 2.24. The molecular formula is C27H31N5O2. The number of carbonyl (C=O) groups excluding carboxylic acids is 2. The number of hydrogen-bond donors (Lipinski definition) is 1. The second kappa shape index (κ2) is 10.1. The van der Waals surface area contributed by atoms with Crippen LogP contribution >= 0.6 is 0 Å². The van der Waals surface area contributed by atoms with Crippen LogP contribution in [0.2, 0.25) is 0 Å². The van der Waals surface area contributed by atoms with Crippen LogP contribution in [0, 0.1) is 6.92 Å². The first-order valence-electron chi connectivity index (χ1n) is 11.5. The Morgan fingerprint density at radius 3 is 2.21 bits per heavy atom. The maximum atomic E-state index is 12.2. The van der Waals surface area contributed by atoms with Gasteiger partial charge in [-0.3, -0.25) is 9.59 Å². The molecule has 0 fully saturated rings. The third kappa shape index (κ3) is 5.43. The van der Waals surface area contributed by atoms with E-state index in [-0.39, 0.29) is 11.6 Å². The van der Waals surface area contributed by atoms with Gasteiger partial charge >= 0.3 is 0 Å². The van der Waals surface area contributed by atoms with Crippen LogP contribution in [-0.4, -0.2) is 65.1 Å². The quantitative estimate of drug-likeness (QED) is 0.591. The highest BCUT2D eigenvalue weighted by atomic mass is 16.2. The van der Waals surface area contributed by atoms with Gasteiger partial charge in [-0.25, -0.2) is 4.68 Å². The molecule has 2 heterocycles. The molecule has 2 aromatic carbocycles. The summed E-state index contributed by atoms with van der Waals surface area (Å²) in [6, 6.07) is 18.5. The van der Waals surface area contributed by atoms with Gasteiger partial charge in [-0.15, -0.1) is 0 Å². The number of nitrogens with two attached hydrogens (primary N) is 1. The maximum Gasteiger partial charge on any atom is 0.269 e. The Balaban J connectivity index is 1.38. The monoisotopic (exact) mass is 457 g/mol. The fourth-order valence-electron chi connectivity index (χ4n) is 4.21. The Morgan fingerprint density at radius 1 is 1.03 bits per heavy atom. The third-order valence-corrected chi connectivity index (χ3v) is 6.07. The Bertz CT molecular complexity index is 1210. The lowest BCUT2D eigenvalue weighted by molar-refractivity contribution is -0.131. The van der Waals surface area contributed by atoms with Crippen molar-refractivity contribution < 1.29 is 9.59 Å². The minimum atomic E-state index is -0.527. The highest BCUT2D eigenvalue weighted by Gasteiger charge is 2.18. The molecule has 2 amide bonds. The number of likely N-dealkylation sites (N-methyl/N-ethyl adjacent to an activating group) is 1. The van der Waals surface area contributed by atoms with E-state index in [1.165, 1.54) is 22.3 Å². The van der Waals surface area contributed by atoms with Gasteiger partial charge in [0, 0.05) is 18.8 Å². The van der Waals surface area contributed by atoms with E-state index >= 15 is 0 Å². The Morgan fingerprint density at radius 2 is 1.68 bits per heavy atom. The largest absolute Gasteiger partial charge is 0.364 e. The average molecular weight is 458 g/mol. The van der Waals surface area contributed by atoms with E-state index in [0.29, 0.717) is 13.1 Å². The van der Waals surface area contributed by atoms with Gasteiger partial charge in [-0.2, -0.15) is 5.10 Å². The minimum absolute atomic E-state index is 0.178. The van der Waals surface area contributed by atoms with Crippen LogP contribution in [-0.2, 0) is 11.2 Å². The molecule has 0 saturated carbocycles. The predicted molar refractivity (Wildman–Crippen MR) is 134 cm³/mol. The fourth-order valence-corrected chi connectivity index (χ4v) is 4.21. The average Bonchev–Trinajstić information content (AvgIpc) is 3.22. The molecule has 176 valence electrons. The van der Waals surface area contributed by atoms with Crippen molar-refractivity contribution in [1.82, 2.24) is 19.6 Å². The molecule has 4 rings (SSSR count). The summed E-state index contributed by atoms with van der Waals surface area (Å²) in [5.74, 6) is -0.348. The molecule has 0 saturated heterocycles. The Kier molecular flexibility index (Phi) is 6.93. The summed E-state index contributed by atoms with van der Waals surface area (Å²) in [5.41, 5.74) is 12.3. The molecule has 0 bridgehead atoms. The Labute approximate surface area is 200 Å².